The van der Waals surface area contributed by atoms with Crippen LogP contribution in [0.2, 0.25) is 10.0 Å². The number of hydrazone groups is 1. The first-order chi connectivity index (χ1) is 11.1. The van der Waals surface area contributed by atoms with E-state index in [1.165, 1.54) is 24.6 Å². The Bertz CT molecular complexity index is 845. The third-order valence-electron chi connectivity index (χ3n) is 3.70. The van der Waals surface area contributed by atoms with E-state index in [2.05, 4.69) is 10.5 Å². The van der Waals surface area contributed by atoms with Crippen LogP contribution in [0, 0.1) is 0 Å². The molecule has 3 N–H and O–H groups in total. The monoisotopic (exact) mass is 389 g/mol. The second-order valence-corrected chi connectivity index (χ2v) is 6.14. The van der Waals surface area contributed by atoms with Gasteiger partial charge in [-0.1, -0.05) is 23.2 Å². The van der Waals surface area contributed by atoms with Gasteiger partial charge in [-0.2, -0.15) is 5.10 Å². The van der Waals surface area contributed by atoms with Crippen molar-refractivity contribution in [1.29, 1.82) is 0 Å². The lowest BCUT2D eigenvalue weighted by Crippen LogP contribution is -3.00. The molecular formula is C15H14Cl3N3O3. The molecule has 1 fully saturated rings. The van der Waals surface area contributed by atoms with Gasteiger partial charge in [-0.25, -0.2) is 5.43 Å². The minimum atomic E-state index is -0.318. The predicted molar refractivity (Wildman–Crippen MR) is 88.1 cm³/mol. The predicted octanol–water partition coefficient (Wildman–Crippen LogP) is -1.72. The second-order valence-electron chi connectivity index (χ2n) is 5.29. The molecule has 128 valence electrons. The Morgan fingerprint density at radius 2 is 2.21 bits per heavy atom. The van der Waals surface area contributed by atoms with Crippen LogP contribution in [0.25, 0.3) is 11.0 Å². The quantitative estimate of drug-likeness (QED) is 0.483. The number of nitrogens with one attached hydrogen (secondary N) is 1. The molecule has 1 aliphatic heterocycles. The van der Waals surface area contributed by atoms with Gasteiger partial charge in [0.2, 0.25) is 5.43 Å². The summed E-state index contributed by atoms with van der Waals surface area (Å²) in [7, 11) is 0. The van der Waals surface area contributed by atoms with Gasteiger partial charge in [0.15, 0.2) is 11.6 Å². The van der Waals surface area contributed by atoms with Crippen LogP contribution >= 0.6 is 23.2 Å². The number of rotatable bonds is 3. The number of fused-ring (bicyclic) bond motifs is 1. The fraction of sp³-hybridized carbons (Fsp3) is 0.267. The number of amides is 1. The molecule has 2 heterocycles. The number of nitrogens with two attached hydrogens (primary N) is 1. The summed E-state index contributed by atoms with van der Waals surface area (Å²) in [6.07, 6.45) is 4.35. The van der Waals surface area contributed by atoms with Gasteiger partial charge in [0, 0.05) is 17.9 Å². The molecule has 0 spiro atoms. The molecule has 1 aromatic heterocycles. The molecule has 6 nitrogen and oxygen atoms in total. The van der Waals surface area contributed by atoms with Crippen molar-refractivity contribution < 1.29 is 26.9 Å². The number of carbonyl (C=O) groups excluding carboxylic acids is 1. The smallest absolute Gasteiger partial charge is 0.298 e. The number of benzene rings is 1. The van der Waals surface area contributed by atoms with Gasteiger partial charge in [0.25, 0.3) is 5.91 Å². The Morgan fingerprint density at radius 3 is 2.92 bits per heavy atom. The molecule has 3 rings (SSSR count). The highest BCUT2D eigenvalue weighted by atomic mass is 35.5. The van der Waals surface area contributed by atoms with Gasteiger partial charge in [-0.15, -0.1) is 0 Å². The largest absolute Gasteiger partial charge is 1.00 e. The molecule has 1 aliphatic rings. The molecule has 1 atom stereocenters. The van der Waals surface area contributed by atoms with Gasteiger partial charge in [0.1, 0.15) is 6.26 Å². The Hall–Kier alpha value is -1.60. The van der Waals surface area contributed by atoms with Crippen LogP contribution in [0.3, 0.4) is 0 Å². The van der Waals surface area contributed by atoms with Crippen molar-refractivity contribution in [2.45, 2.75) is 18.9 Å². The maximum atomic E-state index is 12.4. The highest BCUT2D eigenvalue weighted by molar-refractivity contribution is 6.38. The average molecular weight is 391 g/mol. The molecule has 0 unspecified atom stereocenters. The topological polar surface area (TPSA) is 88.3 Å². The molecule has 1 aromatic carbocycles. The van der Waals surface area contributed by atoms with Crippen molar-refractivity contribution in [2.75, 3.05) is 6.54 Å². The summed E-state index contributed by atoms with van der Waals surface area (Å²) < 4.78 is 5.37. The van der Waals surface area contributed by atoms with E-state index in [1.807, 2.05) is 5.32 Å². The lowest BCUT2D eigenvalue weighted by molar-refractivity contribution is -0.657. The van der Waals surface area contributed by atoms with Crippen molar-refractivity contribution in [3.8, 4) is 0 Å². The molecular weight excluding hydrogens is 377 g/mol. The summed E-state index contributed by atoms with van der Waals surface area (Å²) in [5.41, 5.74) is 2.59. The van der Waals surface area contributed by atoms with Crippen LogP contribution in [0.1, 0.15) is 18.4 Å². The molecule has 0 bridgehead atoms. The van der Waals surface area contributed by atoms with Crippen LogP contribution in [-0.2, 0) is 4.79 Å². The van der Waals surface area contributed by atoms with Gasteiger partial charge < -0.3 is 22.1 Å². The van der Waals surface area contributed by atoms with E-state index in [-0.39, 0.29) is 51.3 Å². The zero-order valence-electron chi connectivity index (χ0n) is 12.4. The van der Waals surface area contributed by atoms with E-state index in [0.717, 1.165) is 19.4 Å². The lowest BCUT2D eigenvalue weighted by Gasteiger charge is -2.04. The molecule has 0 radical (unpaired) electrons. The van der Waals surface area contributed by atoms with E-state index < -0.39 is 0 Å². The third-order valence-corrected chi connectivity index (χ3v) is 4.20. The number of nitrogens with zero attached hydrogens (tertiary/aromatic N) is 1. The highest BCUT2D eigenvalue weighted by Crippen LogP contribution is 2.26. The van der Waals surface area contributed by atoms with Gasteiger partial charge >= 0.3 is 0 Å². The highest BCUT2D eigenvalue weighted by Gasteiger charge is 2.25. The van der Waals surface area contributed by atoms with Crippen molar-refractivity contribution in [3.05, 3.63) is 44.2 Å². The number of quaternary nitrogens is 1. The Labute approximate surface area is 153 Å². The van der Waals surface area contributed by atoms with Gasteiger partial charge in [0.05, 0.1) is 28.7 Å². The lowest BCUT2D eigenvalue weighted by atomic mass is 10.2. The molecule has 1 amide bonds. The van der Waals surface area contributed by atoms with Gasteiger partial charge in [-0.05, 0) is 12.1 Å². The summed E-state index contributed by atoms with van der Waals surface area (Å²) >= 11 is 11.9. The fourth-order valence-corrected chi connectivity index (χ4v) is 3.07. The van der Waals surface area contributed by atoms with Crippen LogP contribution < -0.4 is 28.6 Å². The van der Waals surface area contributed by atoms with Crippen molar-refractivity contribution >= 4 is 46.3 Å². The Morgan fingerprint density at radius 1 is 1.42 bits per heavy atom. The van der Waals surface area contributed by atoms with E-state index in [0.29, 0.717) is 5.02 Å². The van der Waals surface area contributed by atoms with E-state index in [9.17, 15) is 9.59 Å². The van der Waals surface area contributed by atoms with Crippen molar-refractivity contribution in [2.24, 2.45) is 5.10 Å². The molecule has 2 aromatic rings. The fourth-order valence-electron chi connectivity index (χ4n) is 2.53. The maximum absolute atomic E-state index is 12.4. The number of hydrogen-bond acceptors (Lipinski definition) is 4. The average Bonchev–Trinajstić information content (AvgIpc) is 3.04. The summed E-state index contributed by atoms with van der Waals surface area (Å²) in [5, 5.41) is 6.67. The summed E-state index contributed by atoms with van der Waals surface area (Å²) in [6.45, 7) is 0.942. The molecule has 9 heteroatoms. The summed E-state index contributed by atoms with van der Waals surface area (Å²) in [6, 6.07) is 2.87. The van der Waals surface area contributed by atoms with Crippen LogP contribution in [0.5, 0.6) is 0 Å². The molecule has 24 heavy (non-hydrogen) atoms. The first-order valence-electron chi connectivity index (χ1n) is 7.13. The van der Waals surface area contributed by atoms with Crippen LogP contribution in [-0.4, -0.2) is 24.7 Å². The molecule has 1 saturated heterocycles. The zero-order chi connectivity index (χ0) is 16.4. The molecule has 0 aliphatic carbocycles. The summed E-state index contributed by atoms with van der Waals surface area (Å²) in [5.74, 6) is -0.171. The second kappa shape index (κ2) is 7.98. The SMILES string of the molecule is O=C(NN=Cc1coc2c(Cl)cc(Cl)cc2c1=O)[C@@H]1CCC[NH2+]1.[Cl-]. The third kappa shape index (κ3) is 3.89. The number of halogens is 3. The van der Waals surface area contributed by atoms with E-state index >= 15 is 0 Å². The van der Waals surface area contributed by atoms with Gasteiger partial charge in [-0.3, -0.25) is 9.59 Å². The van der Waals surface area contributed by atoms with Crippen molar-refractivity contribution in [1.82, 2.24) is 5.43 Å². The number of hydrogen-bond donors (Lipinski definition) is 2. The van der Waals surface area contributed by atoms with E-state index in [4.69, 9.17) is 27.6 Å². The van der Waals surface area contributed by atoms with Crippen LogP contribution in [0.15, 0.2) is 32.7 Å². The molecule has 0 saturated carbocycles. The first kappa shape index (κ1) is 18.7. The Kier molecular flexibility index (Phi) is 6.23. The van der Waals surface area contributed by atoms with Crippen LogP contribution in [0.4, 0.5) is 0 Å². The standard InChI is InChI=1S/C15H13Cl2N3O3.ClH/c16-9-4-10-13(21)8(7-23-14(10)11(17)5-9)6-19-20-15(22)12-2-1-3-18-12;/h4-7,12,18H,1-3H2,(H,20,22);1H/t12-;/m0./s1. The Balaban J connectivity index is 0.00000208. The first-order valence-corrected chi connectivity index (χ1v) is 7.88. The van der Waals surface area contributed by atoms with Crippen molar-refractivity contribution in [3.63, 3.8) is 0 Å². The zero-order valence-corrected chi connectivity index (χ0v) is 14.7. The van der Waals surface area contributed by atoms with E-state index in [1.54, 1.807) is 0 Å². The number of carbonyl (C=O) groups is 1. The normalized spacial score (nSPS) is 17.2. The summed E-state index contributed by atoms with van der Waals surface area (Å²) in [4.78, 5) is 24.2. The maximum Gasteiger partial charge on any atom is 0.298 e. The minimum absolute atomic E-state index is 0. The minimum Gasteiger partial charge on any atom is -1.00 e.